The summed E-state index contributed by atoms with van der Waals surface area (Å²) in [7, 11) is 0. The molecule has 0 aromatic heterocycles. The molecule has 0 aromatic carbocycles. The van der Waals surface area contributed by atoms with E-state index in [1.54, 1.807) is 4.90 Å². The van der Waals surface area contributed by atoms with Crippen LogP contribution in [0.2, 0.25) is 0 Å². The summed E-state index contributed by atoms with van der Waals surface area (Å²) in [4.78, 5) is 41.5. The highest BCUT2D eigenvalue weighted by atomic mass is 16.5. The average molecular weight is 553 g/mol. The molecule has 222 valence electrons. The van der Waals surface area contributed by atoms with Crippen LogP contribution in [0.5, 0.6) is 0 Å². The molecular formula is C27H48N6O6. The van der Waals surface area contributed by atoms with E-state index in [9.17, 15) is 19.6 Å². The fourth-order valence-electron chi connectivity index (χ4n) is 4.71. The molecule has 12 heteroatoms. The highest BCUT2D eigenvalue weighted by Crippen LogP contribution is 2.25. The van der Waals surface area contributed by atoms with Crippen molar-refractivity contribution >= 4 is 18.0 Å². The van der Waals surface area contributed by atoms with Gasteiger partial charge in [-0.15, -0.1) is 0 Å². The van der Waals surface area contributed by atoms with Crippen molar-refractivity contribution in [2.45, 2.75) is 71.4 Å². The SMILES string of the molecule is CCCCN1CCC(C#N)(NC(=O)C(CC(C)(C)C)NC(=O)N2CCOCC2)CC1.O=C(O)N1CCOCC1. The van der Waals surface area contributed by atoms with Gasteiger partial charge in [-0.3, -0.25) is 4.79 Å². The van der Waals surface area contributed by atoms with E-state index in [1.807, 2.05) is 20.8 Å². The lowest BCUT2D eigenvalue weighted by Crippen LogP contribution is -2.60. The first-order chi connectivity index (χ1) is 18.5. The lowest BCUT2D eigenvalue weighted by atomic mass is 9.85. The molecule has 0 bridgehead atoms. The van der Waals surface area contributed by atoms with Gasteiger partial charge in [0.1, 0.15) is 11.6 Å². The third-order valence-corrected chi connectivity index (χ3v) is 7.12. The van der Waals surface area contributed by atoms with Crippen LogP contribution < -0.4 is 10.6 Å². The number of hydrogen-bond donors (Lipinski definition) is 3. The van der Waals surface area contributed by atoms with Crippen LogP contribution in [-0.4, -0.2) is 122 Å². The molecule has 0 saturated carbocycles. The monoisotopic (exact) mass is 552 g/mol. The van der Waals surface area contributed by atoms with Crippen LogP contribution in [0.15, 0.2) is 0 Å². The summed E-state index contributed by atoms with van der Waals surface area (Å²) in [5.74, 6) is -0.268. The number of carbonyl (C=O) groups excluding carboxylic acids is 2. The first kappa shape index (κ1) is 32.6. The fraction of sp³-hybridized carbons (Fsp3) is 0.852. The summed E-state index contributed by atoms with van der Waals surface area (Å²) in [6.07, 6.45) is 3.16. The molecule has 0 spiro atoms. The van der Waals surface area contributed by atoms with E-state index in [-0.39, 0.29) is 17.4 Å². The van der Waals surface area contributed by atoms with Crippen LogP contribution >= 0.6 is 0 Å². The van der Waals surface area contributed by atoms with Gasteiger partial charge in [0.25, 0.3) is 0 Å². The van der Waals surface area contributed by atoms with E-state index < -0.39 is 17.7 Å². The Hall–Kier alpha value is -2.62. The Morgan fingerprint density at radius 3 is 1.95 bits per heavy atom. The Labute approximate surface area is 232 Å². The zero-order valence-corrected chi connectivity index (χ0v) is 24.2. The van der Waals surface area contributed by atoms with Gasteiger partial charge >= 0.3 is 12.1 Å². The molecule has 0 aromatic rings. The fourth-order valence-corrected chi connectivity index (χ4v) is 4.71. The number of urea groups is 1. The van der Waals surface area contributed by atoms with Gasteiger partial charge in [-0.2, -0.15) is 5.26 Å². The van der Waals surface area contributed by atoms with E-state index in [2.05, 4.69) is 28.5 Å². The van der Waals surface area contributed by atoms with Gasteiger partial charge in [0, 0.05) is 39.3 Å². The van der Waals surface area contributed by atoms with Crippen LogP contribution in [0.3, 0.4) is 0 Å². The van der Waals surface area contributed by atoms with Crippen molar-refractivity contribution < 1.29 is 29.0 Å². The summed E-state index contributed by atoms with van der Waals surface area (Å²) < 4.78 is 10.2. The van der Waals surface area contributed by atoms with Gasteiger partial charge in [-0.05, 0) is 37.6 Å². The molecule has 12 nitrogen and oxygen atoms in total. The number of nitriles is 1. The van der Waals surface area contributed by atoms with Crippen LogP contribution in [0.25, 0.3) is 0 Å². The third-order valence-electron chi connectivity index (χ3n) is 7.12. The molecule has 0 radical (unpaired) electrons. The highest BCUT2D eigenvalue weighted by molar-refractivity contribution is 5.88. The smallest absolute Gasteiger partial charge is 0.407 e. The van der Waals surface area contributed by atoms with Gasteiger partial charge in [0.15, 0.2) is 0 Å². The maximum absolute atomic E-state index is 13.2. The van der Waals surface area contributed by atoms with Gasteiger partial charge in [-0.25, -0.2) is 9.59 Å². The largest absolute Gasteiger partial charge is 0.465 e. The number of carbonyl (C=O) groups is 3. The molecule has 39 heavy (non-hydrogen) atoms. The number of morpholine rings is 2. The second-order valence-electron chi connectivity index (χ2n) is 11.6. The summed E-state index contributed by atoms with van der Waals surface area (Å²) in [5.41, 5.74) is -1.01. The maximum atomic E-state index is 13.2. The van der Waals surface area contributed by atoms with Crippen LogP contribution in [0.1, 0.15) is 59.8 Å². The van der Waals surface area contributed by atoms with E-state index in [0.29, 0.717) is 71.9 Å². The normalized spacial score (nSPS) is 20.6. The number of nitrogens with one attached hydrogen (secondary N) is 2. The molecule has 3 fully saturated rings. The highest BCUT2D eigenvalue weighted by Gasteiger charge is 2.39. The number of likely N-dealkylation sites (tertiary alicyclic amines) is 1. The number of amides is 4. The number of rotatable bonds is 7. The zero-order valence-electron chi connectivity index (χ0n) is 24.2. The minimum Gasteiger partial charge on any atom is -0.465 e. The molecule has 3 saturated heterocycles. The number of piperidine rings is 1. The molecule has 3 N–H and O–H groups in total. The van der Waals surface area contributed by atoms with E-state index in [4.69, 9.17) is 14.6 Å². The second kappa shape index (κ2) is 15.8. The number of hydrogen-bond acceptors (Lipinski definition) is 7. The van der Waals surface area contributed by atoms with Crippen molar-refractivity contribution in [1.82, 2.24) is 25.3 Å². The number of nitrogens with zero attached hydrogens (tertiary/aromatic N) is 4. The predicted octanol–water partition coefficient (Wildman–Crippen LogP) is 2.10. The topological polar surface area (TPSA) is 147 Å². The Morgan fingerprint density at radius 2 is 1.51 bits per heavy atom. The van der Waals surface area contributed by atoms with Crippen LogP contribution in [0.4, 0.5) is 9.59 Å². The standard InChI is InChI=1S/C22H39N5O3.C5H9NO3/c1-5-6-9-26-10-7-22(17-23,8-11-26)25-19(28)18(16-21(2,3)4)24-20(29)27-12-14-30-15-13-27;7-5(8)6-1-3-9-4-2-6/h18H,5-16H2,1-4H3,(H,24,29)(H,25,28);1-4H2,(H,7,8). The zero-order chi connectivity index (χ0) is 28.9. The number of ether oxygens (including phenoxy) is 2. The molecule has 4 amide bonds. The summed E-state index contributed by atoms with van der Waals surface area (Å²) >= 11 is 0. The minimum atomic E-state index is -0.861. The molecule has 3 aliphatic heterocycles. The predicted molar refractivity (Wildman–Crippen MR) is 146 cm³/mol. The van der Waals surface area contributed by atoms with E-state index in [1.165, 1.54) is 4.90 Å². The van der Waals surface area contributed by atoms with Crippen molar-refractivity contribution in [2.75, 3.05) is 72.2 Å². The Kier molecular flexibility index (Phi) is 13.2. The third kappa shape index (κ3) is 11.6. The van der Waals surface area contributed by atoms with Crippen molar-refractivity contribution in [1.29, 1.82) is 5.26 Å². The molecule has 1 atom stereocenters. The molecule has 3 rings (SSSR count). The average Bonchev–Trinajstić information content (AvgIpc) is 2.93. The van der Waals surface area contributed by atoms with Crippen molar-refractivity contribution in [3.05, 3.63) is 0 Å². The Bertz CT molecular complexity index is 822. The second-order valence-corrected chi connectivity index (χ2v) is 11.6. The summed E-state index contributed by atoms with van der Waals surface area (Å²) in [5, 5.41) is 24.2. The van der Waals surface area contributed by atoms with Gasteiger partial charge in [0.2, 0.25) is 5.91 Å². The van der Waals surface area contributed by atoms with Gasteiger partial charge in [0.05, 0.1) is 32.5 Å². The molecule has 3 aliphatic rings. The quantitative estimate of drug-likeness (QED) is 0.435. The molecule has 1 unspecified atom stereocenters. The van der Waals surface area contributed by atoms with Crippen molar-refractivity contribution in [3.8, 4) is 6.07 Å². The van der Waals surface area contributed by atoms with Crippen LogP contribution in [-0.2, 0) is 14.3 Å². The minimum absolute atomic E-state index is 0.149. The lowest BCUT2D eigenvalue weighted by Gasteiger charge is -2.39. The van der Waals surface area contributed by atoms with E-state index >= 15 is 0 Å². The number of unbranched alkanes of at least 4 members (excludes halogenated alkanes) is 1. The van der Waals surface area contributed by atoms with E-state index in [0.717, 1.165) is 32.5 Å². The van der Waals surface area contributed by atoms with Crippen molar-refractivity contribution in [3.63, 3.8) is 0 Å². The Morgan fingerprint density at radius 1 is 0.974 bits per heavy atom. The van der Waals surface area contributed by atoms with Crippen molar-refractivity contribution in [2.24, 2.45) is 5.41 Å². The molecule has 3 heterocycles. The first-order valence-electron chi connectivity index (χ1n) is 14.1. The number of carboxylic acid groups (broad SMARTS) is 1. The first-order valence-corrected chi connectivity index (χ1v) is 14.1. The Balaban J connectivity index is 0.000000499. The lowest BCUT2D eigenvalue weighted by molar-refractivity contribution is -0.125. The van der Waals surface area contributed by atoms with Gasteiger partial charge < -0.3 is 39.9 Å². The summed E-state index contributed by atoms with van der Waals surface area (Å²) in [6.45, 7) is 15.1. The summed E-state index contributed by atoms with van der Waals surface area (Å²) in [6, 6.07) is 1.44. The molecule has 0 aliphatic carbocycles. The molecular weight excluding hydrogens is 504 g/mol. The maximum Gasteiger partial charge on any atom is 0.407 e. The van der Waals surface area contributed by atoms with Crippen LogP contribution in [0, 0.1) is 16.7 Å². The van der Waals surface area contributed by atoms with Gasteiger partial charge in [-0.1, -0.05) is 34.1 Å².